The number of rotatable bonds is 3. The molecule has 4 nitrogen and oxygen atoms in total. The van der Waals surface area contributed by atoms with Crippen LogP contribution in [-0.2, 0) is 4.79 Å². The molecule has 4 heteroatoms. The smallest absolute Gasteiger partial charge is 0.225 e. The highest BCUT2D eigenvalue weighted by Crippen LogP contribution is 2.30. The monoisotopic (exact) mass is 267 g/mol. The molecule has 1 aliphatic heterocycles. The average Bonchev–Trinajstić information content (AvgIpc) is 2.46. The summed E-state index contributed by atoms with van der Waals surface area (Å²) in [6.07, 6.45) is 6.62. The Bertz CT molecular complexity index is 290. The predicted octanol–water partition coefficient (Wildman–Crippen LogP) is 1.30. The first kappa shape index (κ1) is 14.8. The first-order valence-corrected chi connectivity index (χ1v) is 7.77. The minimum Gasteiger partial charge on any atom is -0.342 e. The summed E-state index contributed by atoms with van der Waals surface area (Å²) >= 11 is 0. The molecule has 0 aromatic heterocycles. The van der Waals surface area contributed by atoms with Crippen LogP contribution in [0.2, 0.25) is 0 Å². The summed E-state index contributed by atoms with van der Waals surface area (Å²) in [4.78, 5) is 16.9. The molecule has 1 aliphatic carbocycles. The molecular weight excluding hydrogens is 238 g/mol. The fraction of sp³-hybridized carbons (Fsp3) is 0.933. The number of nitrogens with zero attached hydrogens (tertiary/aromatic N) is 2. The molecule has 1 saturated heterocycles. The Morgan fingerprint density at radius 3 is 2.16 bits per heavy atom. The molecular formula is C15H29N3O. The Morgan fingerprint density at radius 2 is 1.68 bits per heavy atom. The van der Waals surface area contributed by atoms with Gasteiger partial charge in [-0.25, -0.2) is 0 Å². The molecule has 0 spiro atoms. The molecule has 19 heavy (non-hydrogen) atoms. The molecule has 0 bridgehead atoms. The Hall–Kier alpha value is -0.610. The van der Waals surface area contributed by atoms with Crippen LogP contribution in [0.4, 0.5) is 0 Å². The van der Waals surface area contributed by atoms with Crippen LogP contribution < -0.4 is 5.73 Å². The third-order valence-electron chi connectivity index (χ3n) is 5.04. The van der Waals surface area contributed by atoms with Crippen LogP contribution in [0, 0.1) is 11.8 Å². The summed E-state index contributed by atoms with van der Waals surface area (Å²) in [5.74, 6) is 1.34. The van der Waals surface area contributed by atoms with Gasteiger partial charge in [-0.2, -0.15) is 0 Å². The van der Waals surface area contributed by atoms with Gasteiger partial charge in [0, 0.05) is 25.0 Å². The molecule has 0 radical (unpaired) electrons. The van der Waals surface area contributed by atoms with Crippen molar-refractivity contribution < 1.29 is 4.79 Å². The summed E-state index contributed by atoms with van der Waals surface area (Å²) in [6, 6.07) is 0.650. The van der Waals surface area contributed by atoms with Crippen LogP contribution in [0.25, 0.3) is 0 Å². The van der Waals surface area contributed by atoms with Crippen molar-refractivity contribution in [2.45, 2.75) is 44.6 Å². The molecule has 1 amide bonds. The summed E-state index contributed by atoms with van der Waals surface area (Å²) in [5, 5.41) is 0. The Kier molecular flexibility index (Phi) is 5.22. The predicted molar refractivity (Wildman–Crippen MR) is 77.8 cm³/mol. The molecule has 2 fully saturated rings. The largest absolute Gasteiger partial charge is 0.342 e. The molecule has 0 aromatic rings. The molecule has 1 saturated carbocycles. The van der Waals surface area contributed by atoms with E-state index in [9.17, 15) is 4.79 Å². The Labute approximate surface area is 117 Å². The van der Waals surface area contributed by atoms with E-state index < -0.39 is 0 Å². The van der Waals surface area contributed by atoms with E-state index in [1.165, 1.54) is 0 Å². The third-order valence-corrected chi connectivity index (χ3v) is 5.04. The lowest BCUT2D eigenvalue weighted by Crippen LogP contribution is -2.47. The minimum atomic E-state index is 0.277. The molecule has 2 N–H and O–H groups in total. The van der Waals surface area contributed by atoms with E-state index in [0.29, 0.717) is 17.9 Å². The lowest BCUT2D eigenvalue weighted by atomic mass is 9.81. The van der Waals surface area contributed by atoms with Crippen molar-refractivity contribution in [3.8, 4) is 0 Å². The van der Waals surface area contributed by atoms with Gasteiger partial charge >= 0.3 is 0 Å². The Balaban J connectivity index is 1.78. The first-order valence-electron chi connectivity index (χ1n) is 7.77. The minimum absolute atomic E-state index is 0.277. The second-order valence-electron chi connectivity index (χ2n) is 6.47. The SMILES string of the molecule is CN(C)C1CCN(C(=O)C2CCC(CN)CC2)CC1. The lowest BCUT2D eigenvalue weighted by molar-refractivity contribution is -0.138. The van der Waals surface area contributed by atoms with Gasteiger partial charge in [-0.15, -0.1) is 0 Å². The average molecular weight is 267 g/mol. The van der Waals surface area contributed by atoms with Gasteiger partial charge in [-0.05, 0) is 65.1 Å². The van der Waals surface area contributed by atoms with E-state index in [0.717, 1.165) is 58.2 Å². The third kappa shape index (κ3) is 3.69. The van der Waals surface area contributed by atoms with Crippen molar-refractivity contribution in [1.82, 2.24) is 9.80 Å². The molecule has 0 unspecified atom stereocenters. The molecule has 0 atom stereocenters. The number of likely N-dealkylation sites (tertiary alicyclic amines) is 1. The van der Waals surface area contributed by atoms with Gasteiger partial charge in [0.25, 0.3) is 0 Å². The van der Waals surface area contributed by atoms with Gasteiger partial charge in [0.1, 0.15) is 0 Å². The molecule has 2 aliphatic rings. The highest BCUT2D eigenvalue weighted by Gasteiger charge is 2.31. The van der Waals surface area contributed by atoms with Crippen LogP contribution in [0.1, 0.15) is 38.5 Å². The maximum absolute atomic E-state index is 12.5. The van der Waals surface area contributed by atoms with Crippen molar-refractivity contribution in [1.29, 1.82) is 0 Å². The fourth-order valence-corrected chi connectivity index (χ4v) is 3.51. The second-order valence-corrected chi connectivity index (χ2v) is 6.47. The van der Waals surface area contributed by atoms with E-state index in [1.54, 1.807) is 0 Å². The molecule has 1 heterocycles. The number of nitrogens with two attached hydrogens (primary N) is 1. The quantitative estimate of drug-likeness (QED) is 0.838. The van der Waals surface area contributed by atoms with E-state index in [2.05, 4.69) is 23.9 Å². The van der Waals surface area contributed by atoms with Crippen molar-refractivity contribution in [3.05, 3.63) is 0 Å². The summed E-state index contributed by atoms with van der Waals surface area (Å²) in [6.45, 7) is 2.67. The normalized spacial score (nSPS) is 29.8. The number of carbonyl (C=O) groups is 1. The first-order chi connectivity index (χ1) is 9.11. The maximum atomic E-state index is 12.5. The summed E-state index contributed by atoms with van der Waals surface area (Å²) < 4.78 is 0. The Morgan fingerprint density at radius 1 is 1.11 bits per heavy atom. The van der Waals surface area contributed by atoms with Crippen molar-refractivity contribution >= 4 is 5.91 Å². The number of hydrogen-bond donors (Lipinski definition) is 1. The van der Waals surface area contributed by atoms with Crippen LogP contribution in [0.5, 0.6) is 0 Å². The van der Waals surface area contributed by atoms with E-state index in [1.807, 2.05) is 0 Å². The number of amides is 1. The van der Waals surface area contributed by atoms with E-state index in [4.69, 9.17) is 5.73 Å². The van der Waals surface area contributed by atoms with Crippen molar-refractivity contribution in [3.63, 3.8) is 0 Å². The van der Waals surface area contributed by atoms with Crippen molar-refractivity contribution in [2.24, 2.45) is 17.6 Å². The van der Waals surface area contributed by atoms with Gasteiger partial charge in [0.05, 0.1) is 0 Å². The van der Waals surface area contributed by atoms with Crippen LogP contribution in [0.15, 0.2) is 0 Å². The van der Waals surface area contributed by atoms with Crippen LogP contribution in [0.3, 0.4) is 0 Å². The fourth-order valence-electron chi connectivity index (χ4n) is 3.51. The second kappa shape index (κ2) is 6.71. The highest BCUT2D eigenvalue weighted by atomic mass is 16.2. The standard InChI is InChI=1S/C15H29N3O/c1-17(2)14-7-9-18(10-8-14)15(19)13-5-3-12(11-16)4-6-13/h12-14H,3-11,16H2,1-2H3. The number of carbonyl (C=O) groups excluding carboxylic acids is 1. The number of piperidine rings is 1. The van der Waals surface area contributed by atoms with E-state index >= 15 is 0 Å². The van der Waals surface area contributed by atoms with Gasteiger partial charge in [0.2, 0.25) is 5.91 Å². The van der Waals surface area contributed by atoms with E-state index in [-0.39, 0.29) is 5.92 Å². The zero-order valence-corrected chi connectivity index (χ0v) is 12.5. The molecule has 110 valence electrons. The zero-order valence-electron chi connectivity index (χ0n) is 12.5. The topological polar surface area (TPSA) is 49.6 Å². The van der Waals surface area contributed by atoms with Crippen molar-refractivity contribution in [2.75, 3.05) is 33.7 Å². The zero-order chi connectivity index (χ0) is 13.8. The lowest BCUT2D eigenvalue weighted by Gasteiger charge is -2.38. The van der Waals surface area contributed by atoms with Crippen LogP contribution >= 0.6 is 0 Å². The highest BCUT2D eigenvalue weighted by molar-refractivity contribution is 5.79. The molecule has 2 rings (SSSR count). The van der Waals surface area contributed by atoms with Crippen LogP contribution in [-0.4, -0.2) is 55.5 Å². The summed E-state index contributed by atoms with van der Waals surface area (Å²) in [5.41, 5.74) is 5.71. The molecule has 0 aromatic carbocycles. The van der Waals surface area contributed by atoms with Gasteiger partial charge < -0.3 is 15.5 Å². The van der Waals surface area contributed by atoms with Gasteiger partial charge in [-0.1, -0.05) is 0 Å². The van der Waals surface area contributed by atoms with Gasteiger partial charge in [0.15, 0.2) is 0 Å². The number of hydrogen-bond acceptors (Lipinski definition) is 3. The van der Waals surface area contributed by atoms with Gasteiger partial charge in [-0.3, -0.25) is 4.79 Å². The maximum Gasteiger partial charge on any atom is 0.225 e. The summed E-state index contributed by atoms with van der Waals surface area (Å²) in [7, 11) is 4.27.